The maximum Gasteiger partial charge on any atom is 0.293 e. The Labute approximate surface area is 132 Å². The minimum atomic E-state index is -0.408. The maximum atomic E-state index is 11.6. The van der Waals surface area contributed by atoms with Crippen molar-refractivity contribution in [2.75, 3.05) is 13.7 Å². The van der Waals surface area contributed by atoms with Crippen LogP contribution in [0.15, 0.2) is 34.3 Å². The number of benzene rings is 1. The van der Waals surface area contributed by atoms with Gasteiger partial charge in [0.15, 0.2) is 11.5 Å². The van der Waals surface area contributed by atoms with Crippen LogP contribution in [0.3, 0.4) is 0 Å². The second-order valence-corrected chi connectivity index (χ2v) is 4.72. The molecule has 0 bridgehead atoms. The van der Waals surface area contributed by atoms with Gasteiger partial charge in [-0.15, -0.1) is 0 Å². The number of ether oxygens (including phenoxy) is 2. The molecule has 0 spiro atoms. The molecule has 2 rings (SSSR count). The quantitative estimate of drug-likeness (QED) is 0.650. The van der Waals surface area contributed by atoms with Crippen molar-refractivity contribution in [2.45, 2.75) is 13.3 Å². The Morgan fingerprint density at radius 1 is 1.45 bits per heavy atom. The molecule has 1 heterocycles. The first-order valence-corrected chi connectivity index (χ1v) is 7.08. The van der Waals surface area contributed by atoms with Crippen molar-refractivity contribution >= 4 is 18.4 Å². The van der Waals surface area contributed by atoms with Crippen LogP contribution in [0, 0.1) is 4.77 Å². The zero-order valence-electron chi connectivity index (χ0n) is 12.3. The average molecular weight is 320 g/mol. The van der Waals surface area contributed by atoms with Gasteiger partial charge < -0.3 is 9.47 Å². The van der Waals surface area contributed by atoms with Crippen molar-refractivity contribution in [3.8, 4) is 11.5 Å². The smallest absolute Gasteiger partial charge is 0.293 e. The Bertz CT molecular complexity index is 754. The molecule has 0 saturated heterocycles. The van der Waals surface area contributed by atoms with E-state index >= 15 is 0 Å². The molecule has 116 valence electrons. The Morgan fingerprint density at radius 2 is 2.27 bits per heavy atom. The van der Waals surface area contributed by atoms with Crippen molar-refractivity contribution in [2.24, 2.45) is 5.10 Å². The van der Waals surface area contributed by atoms with Gasteiger partial charge in [-0.2, -0.15) is 14.9 Å². The lowest BCUT2D eigenvalue weighted by atomic mass is 10.2. The van der Waals surface area contributed by atoms with E-state index in [0.29, 0.717) is 18.1 Å². The van der Waals surface area contributed by atoms with Crippen molar-refractivity contribution < 1.29 is 9.47 Å². The lowest BCUT2D eigenvalue weighted by Gasteiger charge is -2.10. The number of hydrogen-bond acceptors (Lipinski definition) is 6. The van der Waals surface area contributed by atoms with Crippen LogP contribution in [0.2, 0.25) is 0 Å². The summed E-state index contributed by atoms with van der Waals surface area (Å²) in [6, 6.07) is 5.38. The SMILES string of the molecule is CCCOc1ccc(/C=N\n2c(=O)cn[nH]c2=S)cc1OC. The van der Waals surface area contributed by atoms with Crippen molar-refractivity contribution in [3.05, 3.63) is 45.1 Å². The molecule has 22 heavy (non-hydrogen) atoms. The van der Waals surface area contributed by atoms with Crippen LogP contribution in [0.1, 0.15) is 18.9 Å². The molecule has 2 aromatic rings. The normalized spacial score (nSPS) is 10.8. The maximum absolute atomic E-state index is 11.6. The molecule has 1 aromatic carbocycles. The Hall–Kier alpha value is -2.48. The van der Waals surface area contributed by atoms with Crippen molar-refractivity contribution in [1.82, 2.24) is 14.9 Å². The van der Waals surface area contributed by atoms with Crippen molar-refractivity contribution in [3.63, 3.8) is 0 Å². The number of aromatic amines is 1. The summed E-state index contributed by atoms with van der Waals surface area (Å²) in [5, 5.41) is 10.1. The fourth-order valence-corrected chi connectivity index (χ4v) is 1.86. The molecular weight excluding hydrogens is 304 g/mol. The Morgan fingerprint density at radius 3 is 2.95 bits per heavy atom. The molecule has 1 N–H and O–H groups in total. The standard InChI is InChI=1S/C14H16N4O3S/c1-3-6-21-11-5-4-10(7-12(11)20-2)8-16-18-13(19)9-15-17-14(18)22/h4-5,7-9H,3,6H2,1-2H3,(H,17,22)/b16-8-. The molecule has 8 heteroatoms. The molecule has 0 saturated carbocycles. The second-order valence-electron chi connectivity index (χ2n) is 4.33. The molecule has 1 aromatic heterocycles. The van der Waals surface area contributed by atoms with E-state index in [-0.39, 0.29) is 4.77 Å². The van der Waals surface area contributed by atoms with Crippen LogP contribution in [0.5, 0.6) is 11.5 Å². The van der Waals surface area contributed by atoms with Crippen LogP contribution < -0.4 is 15.0 Å². The molecule has 0 unspecified atom stereocenters. The summed E-state index contributed by atoms with van der Waals surface area (Å²) in [6.07, 6.45) is 3.53. The number of hydrogen-bond donors (Lipinski definition) is 1. The van der Waals surface area contributed by atoms with Gasteiger partial charge in [-0.25, -0.2) is 0 Å². The molecule has 0 aliphatic carbocycles. The number of rotatable bonds is 6. The number of methoxy groups -OCH3 is 1. The van der Waals surface area contributed by atoms with Crippen molar-refractivity contribution in [1.29, 1.82) is 0 Å². The predicted octanol–water partition coefficient (Wildman–Crippen LogP) is 1.98. The van der Waals surface area contributed by atoms with Gasteiger partial charge in [-0.1, -0.05) is 6.92 Å². The first-order valence-electron chi connectivity index (χ1n) is 6.67. The first kappa shape index (κ1) is 15.9. The lowest BCUT2D eigenvalue weighted by molar-refractivity contribution is 0.294. The van der Waals surface area contributed by atoms with Gasteiger partial charge in [0.25, 0.3) is 5.56 Å². The third kappa shape index (κ3) is 3.79. The van der Waals surface area contributed by atoms with Crippen LogP contribution in [0.25, 0.3) is 0 Å². The summed E-state index contributed by atoms with van der Waals surface area (Å²) in [5.41, 5.74) is 0.341. The summed E-state index contributed by atoms with van der Waals surface area (Å²) in [6.45, 7) is 2.65. The third-order valence-electron chi connectivity index (χ3n) is 2.71. The zero-order valence-corrected chi connectivity index (χ0v) is 13.1. The van der Waals surface area contributed by atoms with E-state index < -0.39 is 5.56 Å². The van der Waals surface area contributed by atoms with Crippen LogP contribution >= 0.6 is 12.2 Å². The molecule has 0 aliphatic rings. The number of aromatic nitrogens is 3. The van der Waals surface area contributed by atoms with E-state index in [1.807, 2.05) is 13.0 Å². The van der Waals surface area contributed by atoms with Crippen LogP contribution in [0.4, 0.5) is 0 Å². The number of H-pyrrole nitrogens is 1. The van der Waals surface area contributed by atoms with E-state index in [9.17, 15) is 4.79 Å². The van der Waals surface area contributed by atoms with Crippen LogP contribution in [-0.4, -0.2) is 34.8 Å². The van der Waals surface area contributed by atoms with Gasteiger partial charge in [-0.05, 0) is 42.4 Å². The number of nitrogens with one attached hydrogen (secondary N) is 1. The average Bonchev–Trinajstić information content (AvgIpc) is 2.52. The van der Waals surface area contributed by atoms with Crippen LogP contribution in [-0.2, 0) is 0 Å². The van der Waals surface area contributed by atoms with Gasteiger partial charge in [-0.3, -0.25) is 9.89 Å². The zero-order chi connectivity index (χ0) is 15.9. The highest BCUT2D eigenvalue weighted by atomic mass is 32.1. The van der Waals surface area contributed by atoms with E-state index in [2.05, 4.69) is 15.3 Å². The molecule has 0 amide bonds. The van der Waals surface area contributed by atoms with Gasteiger partial charge in [0.2, 0.25) is 4.77 Å². The summed E-state index contributed by atoms with van der Waals surface area (Å²) in [7, 11) is 1.57. The van der Waals surface area contributed by atoms with E-state index in [4.69, 9.17) is 21.7 Å². The monoisotopic (exact) mass is 320 g/mol. The Kier molecular flexibility index (Phi) is 5.42. The molecule has 0 radical (unpaired) electrons. The molecular formula is C14H16N4O3S. The highest BCUT2D eigenvalue weighted by Gasteiger charge is 2.04. The third-order valence-corrected chi connectivity index (χ3v) is 2.97. The van der Waals surface area contributed by atoms with E-state index in [1.54, 1.807) is 19.2 Å². The predicted molar refractivity (Wildman–Crippen MR) is 85.5 cm³/mol. The topological polar surface area (TPSA) is 81.5 Å². The molecule has 0 atom stereocenters. The first-order chi connectivity index (χ1) is 10.7. The van der Waals surface area contributed by atoms with E-state index in [1.165, 1.54) is 6.21 Å². The highest BCUT2D eigenvalue weighted by molar-refractivity contribution is 7.71. The molecule has 0 aliphatic heterocycles. The fraction of sp³-hybridized carbons (Fsp3) is 0.286. The van der Waals surface area contributed by atoms with Gasteiger partial charge in [0.05, 0.1) is 19.9 Å². The minimum absolute atomic E-state index is 0.124. The lowest BCUT2D eigenvalue weighted by Crippen LogP contribution is -2.18. The molecule has 7 nitrogen and oxygen atoms in total. The van der Waals surface area contributed by atoms with E-state index in [0.717, 1.165) is 22.9 Å². The Balaban J connectivity index is 2.28. The molecule has 0 fully saturated rings. The summed E-state index contributed by atoms with van der Waals surface area (Å²) < 4.78 is 12.0. The summed E-state index contributed by atoms with van der Waals surface area (Å²) in [5.74, 6) is 1.27. The van der Waals surface area contributed by atoms with Gasteiger partial charge in [0.1, 0.15) is 6.20 Å². The highest BCUT2D eigenvalue weighted by Crippen LogP contribution is 2.27. The summed E-state index contributed by atoms with van der Waals surface area (Å²) in [4.78, 5) is 11.6. The summed E-state index contributed by atoms with van der Waals surface area (Å²) >= 11 is 4.96. The largest absolute Gasteiger partial charge is 0.493 e. The van der Waals surface area contributed by atoms with Gasteiger partial charge in [0, 0.05) is 0 Å². The second kappa shape index (κ2) is 7.51. The minimum Gasteiger partial charge on any atom is -0.493 e. The number of nitrogens with zero attached hydrogens (tertiary/aromatic N) is 3. The van der Waals surface area contributed by atoms with Gasteiger partial charge >= 0.3 is 0 Å². The fourth-order valence-electron chi connectivity index (χ4n) is 1.67.